The van der Waals surface area contributed by atoms with Crippen molar-refractivity contribution in [2.75, 3.05) is 10.5 Å². The van der Waals surface area contributed by atoms with Gasteiger partial charge >= 0.3 is 0 Å². The lowest BCUT2D eigenvalue weighted by molar-refractivity contribution is -0.255. The summed E-state index contributed by atoms with van der Waals surface area (Å²) in [5, 5.41) is 10.9. The van der Waals surface area contributed by atoms with Gasteiger partial charge in [0.15, 0.2) is 0 Å². The Morgan fingerprint density at radius 2 is 1.96 bits per heavy atom. The molecule has 23 heavy (non-hydrogen) atoms. The van der Waals surface area contributed by atoms with E-state index in [2.05, 4.69) is 11.3 Å². The first kappa shape index (κ1) is 17.1. The van der Waals surface area contributed by atoms with Gasteiger partial charge in [0, 0.05) is 10.6 Å². The summed E-state index contributed by atoms with van der Waals surface area (Å²) in [4.78, 5) is 11.5. The molecule has 0 atom stereocenters. The molecule has 0 heterocycles. The van der Waals surface area contributed by atoms with Crippen molar-refractivity contribution in [2.45, 2.75) is 9.79 Å². The number of carboxylic acid groups (broad SMARTS) is 1. The zero-order chi connectivity index (χ0) is 16.9. The van der Waals surface area contributed by atoms with E-state index in [4.69, 9.17) is 0 Å². The summed E-state index contributed by atoms with van der Waals surface area (Å²) in [7, 11) is -3.90. The van der Waals surface area contributed by atoms with Crippen molar-refractivity contribution in [3.63, 3.8) is 0 Å². The van der Waals surface area contributed by atoms with Gasteiger partial charge in [-0.1, -0.05) is 30.3 Å². The molecule has 0 radical (unpaired) electrons. The Kier molecular flexibility index (Phi) is 5.46. The molecule has 0 bridgehead atoms. The lowest BCUT2D eigenvalue weighted by atomic mass is 10.2. The smallest absolute Gasteiger partial charge is 0.261 e. The number of rotatable bonds is 7. The van der Waals surface area contributed by atoms with Gasteiger partial charge in [0.25, 0.3) is 10.0 Å². The van der Waals surface area contributed by atoms with Gasteiger partial charge in [0.05, 0.1) is 16.6 Å². The van der Waals surface area contributed by atoms with E-state index in [9.17, 15) is 18.3 Å². The van der Waals surface area contributed by atoms with E-state index in [0.29, 0.717) is 11.4 Å². The third-order valence-corrected chi connectivity index (χ3v) is 5.30. The maximum Gasteiger partial charge on any atom is 0.261 e. The molecule has 0 aliphatic heterocycles. The molecule has 5 nitrogen and oxygen atoms in total. The third kappa shape index (κ3) is 4.37. The third-order valence-electron chi connectivity index (χ3n) is 2.87. The Bertz CT molecular complexity index is 831. The van der Waals surface area contributed by atoms with E-state index < -0.39 is 16.0 Å². The zero-order valence-corrected chi connectivity index (χ0v) is 13.7. The van der Waals surface area contributed by atoms with Gasteiger partial charge in [0.2, 0.25) is 0 Å². The highest BCUT2D eigenvalue weighted by molar-refractivity contribution is 7.99. The summed E-state index contributed by atoms with van der Waals surface area (Å²) in [5.74, 6) is -0.789. The second-order valence-electron chi connectivity index (χ2n) is 4.52. The van der Waals surface area contributed by atoms with Gasteiger partial charge in [-0.15, -0.1) is 18.3 Å². The van der Waals surface area contributed by atoms with Crippen LogP contribution in [0.5, 0.6) is 0 Å². The molecular weight excluding hydrogens is 334 g/mol. The van der Waals surface area contributed by atoms with Crippen molar-refractivity contribution >= 4 is 33.4 Å². The molecule has 1 N–H and O–H groups in total. The molecule has 120 valence electrons. The lowest BCUT2D eigenvalue weighted by Crippen LogP contribution is -2.23. The second-order valence-corrected chi connectivity index (χ2v) is 7.26. The minimum Gasteiger partial charge on any atom is -0.545 e. The van der Waals surface area contributed by atoms with E-state index in [-0.39, 0.29) is 10.5 Å². The maximum absolute atomic E-state index is 12.4. The minimum absolute atomic E-state index is 0.136. The van der Waals surface area contributed by atoms with E-state index in [1.54, 1.807) is 30.3 Å². The van der Waals surface area contributed by atoms with Gasteiger partial charge in [-0.05, 0) is 29.8 Å². The number of anilines is 1. The maximum atomic E-state index is 12.4. The first-order valence-corrected chi connectivity index (χ1v) is 9.08. The molecule has 0 aromatic heterocycles. The van der Waals surface area contributed by atoms with E-state index >= 15 is 0 Å². The van der Waals surface area contributed by atoms with Crippen molar-refractivity contribution in [1.29, 1.82) is 0 Å². The average Bonchev–Trinajstić information content (AvgIpc) is 2.54. The summed E-state index contributed by atoms with van der Waals surface area (Å²) in [6, 6.07) is 12.0. The summed E-state index contributed by atoms with van der Waals surface area (Å²) in [5.41, 5.74) is 0.236. The van der Waals surface area contributed by atoms with Crippen LogP contribution in [0.25, 0.3) is 0 Å². The van der Waals surface area contributed by atoms with Gasteiger partial charge in [-0.2, -0.15) is 0 Å². The van der Waals surface area contributed by atoms with Crippen molar-refractivity contribution < 1.29 is 18.3 Å². The Morgan fingerprint density at radius 1 is 1.22 bits per heavy atom. The molecule has 0 aliphatic carbocycles. The number of carboxylic acids is 1. The fraction of sp³-hybridized carbons (Fsp3) is 0.0625. The Hall–Kier alpha value is -2.25. The number of hydrogen-bond donors (Lipinski definition) is 1. The first-order chi connectivity index (χ1) is 10.9. The molecule has 0 saturated heterocycles. The van der Waals surface area contributed by atoms with Crippen molar-refractivity contribution in [2.24, 2.45) is 0 Å². The van der Waals surface area contributed by atoms with Crippen molar-refractivity contribution in [3.05, 3.63) is 66.7 Å². The van der Waals surface area contributed by atoms with Crippen LogP contribution < -0.4 is 9.83 Å². The van der Waals surface area contributed by atoms with Crippen LogP contribution in [-0.4, -0.2) is 20.1 Å². The molecular formula is C16H14NO4S2-. The standard InChI is InChI=1S/C16H15NO4S2/c1-2-10-22-15-9-4-3-8-14(15)17-23(20,21)13-7-5-6-12(11-13)16(18)19/h2-9,11,17H,1,10H2,(H,18,19)/p-1. The first-order valence-electron chi connectivity index (χ1n) is 6.61. The molecule has 0 saturated carbocycles. The van der Waals surface area contributed by atoms with Crippen LogP contribution in [-0.2, 0) is 10.0 Å². The fourth-order valence-electron chi connectivity index (χ4n) is 1.82. The van der Waals surface area contributed by atoms with Gasteiger partial charge in [-0.3, -0.25) is 4.72 Å². The largest absolute Gasteiger partial charge is 0.545 e. The SMILES string of the molecule is C=CCSc1ccccc1NS(=O)(=O)c1cccc(C(=O)[O-])c1. The second kappa shape index (κ2) is 7.34. The molecule has 2 aromatic rings. The summed E-state index contributed by atoms with van der Waals surface area (Å²) >= 11 is 1.44. The molecule has 0 fully saturated rings. The molecule has 0 amide bonds. The van der Waals surface area contributed by atoms with Crippen LogP contribution in [0.1, 0.15) is 10.4 Å². The van der Waals surface area contributed by atoms with Gasteiger partial charge < -0.3 is 9.90 Å². The summed E-state index contributed by atoms with van der Waals surface area (Å²) in [6.45, 7) is 3.63. The number of thioether (sulfide) groups is 1. The fourth-order valence-corrected chi connectivity index (χ4v) is 3.76. The molecule has 0 spiro atoms. The van der Waals surface area contributed by atoms with Crippen LogP contribution >= 0.6 is 11.8 Å². The van der Waals surface area contributed by atoms with E-state index in [1.807, 2.05) is 0 Å². The normalized spacial score (nSPS) is 11.0. The molecule has 2 aromatic carbocycles. The van der Waals surface area contributed by atoms with Crippen molar-refractivity contribution in [3.8, 4) is 0 Å². The number of hydrogen-bond acceptors (Lipinski definition) is 5. The highest BCUT2D eigenvalue weighted by atomic mass is 32.2. The predicted molar refractivity (Wildman–Crippen MR) is 88.9 cm³/mol. The summed E-state index contributed by atoms with van der Waals surface area (Å²) in [6.07, 6.45) is 1.72. The van der Waals surface area contributed by atoms with E-state index in [0.717, 1.165) is 11.0 Å². The van der Waals surface area contributed by atoms with Crippen LogP contribution in [0.15, 0.2) is 71.0 Å². The van der Waals surface area contributed by atoms with Crippen LogP contribution in [0.3, 0.4) is 0 Å². The summed E-state index contributed by atoms with van der Waals surface area (Å²) < 4.78 is 27.4. The number of carbonyl (C=O) groups is 1. The van der Waals surface area contributed by atoms with Gasteiger partial charge in [-0.25, -0.2) is 8.42 Å². The molecule has 7 heteroatoms. The lowest BCUT2D eigenvalue weighted by Gasteiger charge is -2.12. The zero-order valence-electron chi connectivity index (χ0n) is 12.1. The molecule has 0 unspecified atom stereocenters. The number of carbonyl (C=O) groups excluding carboxylic acids is 1. The number of nitrogens with one attached hydrogen (secondary N) is 1. The molecule has 0 aliphatic rings. The number of aromatic carboxylic acids is 1. The van der Waals surface area contributed by atoms with Crippen LogP contribution in [0.2, 0.25) is 0 Å². The average molecular weight is 348 g/mol. The Morgan fingerprint density at radius 3 is 2.65 bits per heavy atom. The Labute approximate surface area is 139 Å². The monoisotopic (exact) mass is 348 g/mol. The highest BCUT2D eigenvalue weighted by Gasteiger charge is 2.16. The van der Waals surface area contributed by atoms with Crippen LogP contribution in [0, 0.1) is 0 Å². The minimum atomic E-state index is -3.90. The number of sulfonamides is 1. The van der Waals surface area contributed by atoms with Crippen molar-refractivity contribution in [1.82, 2.24) is 0 Å². The van der Waals surface area contributed by atoms with Crippen LogP contribution in [0.4, 0.5) is 5.69 Å². The highest BCUT2D eigenvalue weighted by Crippen LogP contribution is 2.29. The topological polar surface area (TPSA) is 86.3 Å². The van der Waals surface area contributed by atoms with E-state index in [1.165, 1.54) is 30.0 Å². The quantitative estimate of drug-likeness (QED) is 0.612. The number of para-hydroxylation sites is 1. The predicted octanol–water partition coefficient (Wildman–Crippen LogP) is 2.13. The Balaban J connectivity index is 2.33. The molecule has 2 rings (SSSR count). The number of benzene rings is 2. The van der Waals surface area contributed by atoms with Gasteiger partial charge in [0.1, 0.15) is 0 Å².